The number of alkyl carbamates (subject to hydrolysis) is 1. The molecule has 1 atom stereocenters. The molecule has 2 N–H and O–H groups in total. The van der Waals surface area contributed by atoms with Crippen molar-refractivity contribution in [3.05, 3.63) is 28.8 Å². The number of rotatable bonds is 5. The zero-order chi connectivity index (χ0) is 16.9. The summed E-state index contributed by atoms with van der Waals surface area (Å²) in [5.41, 5.74) is -0.117. The third kappa shape index (κ3) is 5.81. The highest BCUT2D eigenvalue weighted by Gasteiger charge is 2.23. The van der Waals surface area contributed by atoms with Gasteiger partial charge in [-0.25, -0.2) is 4.79 Å². The molecule has 0 saturated carbocycles. The van der Waals surface area contributed by atoms with Crippen molar-refractivity contribution in [2.45, 2.75) is 38.8 Å². The molecular formula is C15H20ClNO5. The van der Waals surface area contributed by atoms with Crippen molar-refractivity contribution < 1.29 is 24.2 Å². The van der Waals surface area contributed by atoms with Gasteiger partial charge >= 0.3 is 12.1 Å². The highest BCUT2D eigenvalue weighted by atomic mass is 35.5. The molecule has 0 aliphatic heterocycles. The molecule has 0 heterocycles. The van der Waals surface area contributed by atoms with Gasteiger partial charge in [-0.05, 0) is 38.5 Å². The number of benzene rings is 1. The lowest BCUT2D eigenvalue weighted by Gasteiger charge is -2.23. The fourth-order valence-corrected chi connectivity index (χ4v) is 2.04. The van der Waals surface area contributed by atoms with Crippen LogP contribution in [0.25, 0.3) is 0 Å². The number of hydrogen-bond acceptors (Lipinski definition) is 4. The number of carbonyl (C=O) groups excluding carboxylic acids is 1. The molecule has 7 heteroatoms. The maximum atomic E-state index is 11.8. The van der Waals surface area contributed by atoms with Crippen LogP contribution in [0.4, 0.5) is 4.79 Å². The van der Waals surface area contributed by atoms with Gasteiger partial charge in [0.05, 0.1) is 24.6 Å². The molecule has 0 aromatic heterocycles. The van der Waals surface area contributed by atoms with Crippen molar-refractivity contribution in [1.82, 2.24) is 5.32 Å². The number of carboxylic acid groups (broad SMARTS) is 1. The van der Waals surface area contributed by atoms with Crippen LogP contribution in [0.1, 0.15) is 38.8 Å². The molecule has 22 heavy (non-hydrogen) atoms. The molecule has 1 amide bonds. The van der Waals surface area contributed by atoms with Crippen molar-refractivity contribution in [2.24, 2.45) is 0 Å². The Bertz CT molecular complexity index is 553. The molecule has 0 aliphatic carbocycles. The van der Waals surface area contributed by atoms with Crippen molar-refractivity contribution in [3.63, 3.8) is 0 Å². The van der Waals surface area contributed by atoms with Gasteiger partial charge in [0.1, 0.15) is 11.4 Å². The Balaban J connectivity index is 2.95. The summed E-state index contributed by atoms with van der Waals surface area (Å²) in [4.78, 5) is 22.9. The number of carboxylic acids is 1. The number of carbonyl (C=O) groups is 2. The quantitative estimate of drug-likeness (QED) is 0.865. The van der Waals surface area contributed by atoms with E-state index in [1.807, 2.05) is 0 Å². The van der Waals surface area contributed by atoms with Crippen LogP contribution >= 0.6 is 11.6 Å². The van der Waals surface area contributed by atoms with Gasteiger partial charge in [-0.2, -0.15) is 0 Å². The number of halogens is 1. The lowest BCUT2D eigenvalue weighted by atomic mass is 10.0. The Labute approximate surface area is 134 Å². The van der Waals surface area contributed by atoms with E-state index in [1.54, 1.807) is 39.0 Å². The molecule has 122 valence electrons. The second kappa shape index (κ2) is 7.35. The van der Waals surface area contributed by atoms with E-state index in [0.29, 0.717) is 16.3 Å². The van der Waals surface area contributed by atoms with Gasteiger partial charge in [-0.15, -0.1) is 0 Å². The van der Waals surface area contributed by atoms with Gasteiger partial charge in [-0.1, -0.05) is 17.7 Å². The number of aliphatic carboxylic acids is 1. The first-order chi connectivity index (χ1) is 10.1. The second-order valence-electron chi connectivity index (χ2n) is 5.69. The van der Waals surface area contributed by atoms with Crippen LogP contribution < -0.4 is 10.1 Å². The fourth-order valence-electron chi connectivity index (χ4n) is 1.78. The minimum absolute atomic E-state index is 0.290. The first kappa shape index (κ1) is 18.1. The van der Waals surface area contributed by atoms with Crippen LogP contribution in [0.2, 0.25) is 5.02 Å². The molecule has 1 aromatic rings. The smallest absolute Gasteiger partial charge is 0.408 e. The highest BCUT2D eigenvalue weighted by Crippen LogP contribution is 2.29. The van der Waals surface area contributed by atoms with Crippen LogP contribution in [-0.4, -0.2) is 29.9 Å². The minimum atomic E-state index is -1.05. The third-order valence-corrected chi connectivity index (χ3v) is 2.94. The highest BCUT2D eigenvalue weighted by molar-refractivity contribution is 6.32. The lowest BCUT2D eigenvalue weighted by molar-refractivity contribution is -0.137. The SMILES string of the molecule is COc1ccc([C@@H](CC(=O)O)NC(=O)OC(C)(C)C)cc1Cl. The van der Waals surface area contributed by atoms with Gasteiger partial charge in [0, 0.05) is 0 Å². The minimum Gasteiger partial charge on any atom is -0.495 e. The van der Waals surface area contributed by atoms with Crippen LogP contribution in [0, 0.1) is 0 Å². The summed E-state index contributed by atoms with van der Waals surface area (Å²) in [6, 6.07) is 4.07. The molecule has 0 bridgehead atoms. The molecule has 0 unspecified atom stereocenters. The summed E-state index contributed by atoms with van der Waals surface area (Å²) in [5.74, 6) is -0.579. The molecule has 0 saturated heterocycles. The van der Waals surface area contributed by atoms with E-state index in [2.05, 4.69) is 5.32 Å². The Morgan fingerprint density at radius 3 is 2.45 bits per heavy atom. The number of methoxy groups -OCH3 is 1. The molecule has 6 nitrogen and oxygen atoms in total. The Morgan fingerprint density at radius 1 is 1.36 bits per heavy atom. The molecular weight excluding hydrogens is 310 g/mol. The summed E-state index contributed by atoms with van der Waals surface area (Å²) in [6.07, 6.45) is -0.979. The maximum absolute atomic E-state index is 11.8. The van der Waals surface area contributed by atoms with E-state index in [1.165, 1.54) is 7.11 Å². The van der Waals surface area contributed by atoms with Crippen LogP contribution in [0.3, 0.4) is 0 Å². The van der Waals surface area contributed by atoms with Crippen LogP contribution in [-0.2, 0) is 9.53 Å². The average molecular weight is 330 g/mol. The topological polar surface area (TPSA) is 84.9 Å². The molecule has 1 aromatic carbocycles. The zero-order valence-electron chi connectivity index (χ0n) is 13.0. The summed E-state index contributed by atoms with van der Waals surface area (Å²) >= 11 is 6.04. The first-order valence-corrected chi connectivity index (χ1v) is 7.05. The Kier molecular flexibility index (Phi) is 6.05. The van der Waals surface area contributed by atoms with Crippen molar-refractivity contribution >= 4 is 23.7 Å². The summed E-state index contributed by atoms with van der Waals surface area (Å²) in [7, 11) is 1.48. The zero-order valence-corrected chi connectivity index (χ0v) is 13.7. The standard InChI is InChI=1S/C15H20ClNO5/c1-15(2,3)22-14(20)17-11(8-13(18)19)9-5-6-12(21-4)10(16)7-9/h5-7,11H,8H2,1-4H3,(H,17,20)(H,18,19)/t11-/m1/s1. The van der Waals surface area contributed by atoms with E-state index >= 15 is 0 Å². The van der Waals surface area contributed by atoms with Gasteiger partial charge in [0.15, 0.2) is 0 Å². The third-order valence-electron chi connectivity index (χ3n) is 2.65. The largest absolute Gasteiger partial charge is 0.495 e. The Hall–Kier alpha value is -1.95. The van der Waals surface area contributed by atoms with Gasteiger partial charge in [0.25, 0.3) is 0 Å². The van der Waals surface area contributed by atoms with E-state index in [4.69, 9.17) is 26.2 Å². The molecule has 0 spiro atoms. The van der Waals surface area contributed by atoms with E-state index in [0.717, 1.165) is 0 Å². The normalized spacial score (nSPS) is 12.4. The number of amides is 1. The molecule has 0 aliphatic rings. The molecule has 0 fully saturated rings. The number of ether oxygens (including phenoxy) is 2. The summed E-state index contributed by atoms with van der Waals surface area (Å²) in [6.45, 7) is 5.18. The number of nitrogens with one attached hydrogen (secondary N) is 1. The summed E-state index contributed by atoms with van der Waals surface area (Å²) < 4.78 is 10.2. The van der Waals surface area contributed by atoms with Gasteiger partial charge < -0.3 is 19.9 Å². The average Bonchev–Trinajstić information content (AvgIpc) is 2.35. The van der Waals surface area contributed by atoms with E-state index < -0.39 is 23.7 Å². The maximum Gasteiger partial charge on any atom is 0.408 e. The van der Waals surface area contributed by atoms with Crippen molar-refractivity contribution in [1.29, 1.82) is 0 Å². The first-order valence-electron chi connectivity index (χ1n) is 6.67. The Morgan fingerprint density at radius 2 is 2.00 bits per heavy atom. The van der Waals surface area contributed by atoms with Gasteiger partial charge in [0.2, 0.25) is 0 Å². The predicted molar refractivity (Wildman–Crippen MR) is 82.4 cm³/mol. The van der Waals surface area contributed by atoms with Crippen molar-refractivity contribution in [3.8, 4) is 5.75 Å². The number of hydrogen-bond donors (Lipinski definition) is 2. The predicted octanol–water partition coefficient (Wildman–Crippen LogP) is 3.39. The van der Waals surface area contributed by atoms with Gasteiger partial charge in [-0.3, -0.25) is 4.79 Å². The van der Waals surface area contributed by atoms with E-state index in [-0.39, 0.29) is 6.42 Å². The van der Waals surface area contributed by atoms with E-state index in [9.17, 15) is 9.59 Å². The monoisotopic (exact) mass is 329 g/mol. The van der Waals surface area contributed by atoms with Crippen LogP contribution in [0.15, 0.2) is 18.2 Å². The molecule has 0 radical (unpaired) electrons. The van der Waals surface area contributed by atoms with Crippen molar-refractivity contribution in [2.75, 3.05) is 7.11 Å². The fraction of sp³-hybridized carbons (Fsp3) is 0.467. The lowest BCUT2D eigenvalue weighted by Crippen LogP contribution is -2.35. The van der Waals surface area contributed by atoms with Crippen LogP contribution in [0.5, 0.6) is 5.75 Å². The molecule has 1 rings (SSSR count). The second-order valence-corrected chi connectivity index (χ2v) is 6.10. The summed E-state index contributed by atoms with van der Waals surface area (Å²) in [5, 5.41) is 11.9.